The largest absolute Gasteiger partial charge is 0.381 e. The van der Waals surface area contributed by atoms with E-state index in [2.05, 4.69) is 27.7 Å². The molecule has 0 aromatic rings. The lowest BCUT2D eigenvalue weighted by Gasteiger charge is -2.07. The number of carbonyl (C=O) groups is 1. The Morgan fingerprint density at radius 2 is 1.61 bits per heavy atom. The van der Waals surface area contributed by atoms with Crippen LogP contribution in [0.5, 0.6) is 0 Å². The molecule has 0 aromatic carbocycles. The Morgan fingerprint density at radius 1 is 0.889 bits per heavy atom. The van der Waals surface area contributed by atoms with Crippen molar-refractivity contribution in [1.29, 1.82) is 0 Å². The molecule has 0 heterocycles. The minimum Gasteiger partial charge on any atom is -0.381 e. The zero-order valence-corrected chi connectivity index (χ0v) is 12.5. The van der Waals surface area contributed by atoms with Gasteiger partial charge < -0.3 is 9.47 Å². The fourth-order valence-corrected chi connectivity index (χ4v) is 1.42. The lowest BCUT2D eigenvalue weighted by Crippen LogP contribution is -2.09. The molecule has 0 aliphatic rings. The van der Waals surface area contributed by atoms with Crippen LogP contribution in [0.3, 0.4) is 0 Å². The number of Topliss-reactive ketones (excluding diaryl/α,β-unsaturated/α-hetero) is 1. The van der Waals surface area contributed by atoms with E-state index < -0.39 is 0 Å². The van der Waals surface area contributed by atoms with E-state index in [1.54, 1.807) is 0 Å². The van der Waals surface area contributed by atoms with Crippen LogP contribution in [0.1, 0.15) is 53.4 Å². The van der Waals surface area contributed by atoms with Gasteiger partial charge in [-0.1, -0.05) is 27.7 Å². The van der Waals surface area contributed by atoms with Gasteiger partial charge in [0.2, 0.25) is 0 Å². The minimum atomic E-state index is 0.284. The molecule has 18 heavy (non-hydrogen) atoms. The Labute approximate surface area is 112 Å². The zero-order valence-electron chi connectivity index (χ0n) is 12.5. The van der Waals surface area contributed by atoms with E-state index in [9.17, 15) is 4.79 Å². The van der Waals surface area contributed by atoms with Crippen molar-refractivity contribution in [2.75, 3.05) is 26.4 Å². The van der Waals surface area contributed by atoms with E-state index in [0.717, 1.165) is 26.1 Å². The fourth-order valence-electron chi connectivity index (χ4n) is 1.42. The molecule has 0 spiro atoms. The van der Waals surface area contributed by atoms with Crippen LogP contribution < -0.4 is 0 Å². The third-order valence-corrected chi connectivity index (χ3v) is 2.56. The Kier molecular flexibility index (Phi) is 11.4. The second kappa shape index (κ2) is 11.7. The second-order valence-electron chi connectivity index (χ2n) is 5.66. The Morgan fingerprint density at radius 3 is 2.22 bits per heavy atom. The van der Waals surface area contributed by atoms with Gasteiger partial charge in [0.1, 0.15) is 5.78 Å². The van der Waals surface area contributed by atoms with Crippen LogP contribution in [0, 0.1) is 11.8 Å². The third-order valence-electron chi connectivity index (χ3n) is 2.56. The minimum absolute atomic E-state index is 0.284. The molecule has 0 radical (unpaired) electrons. The molecule has 0 unspecified atom stereocenters. The Balaban J connectivity index is 3.22. The van der Waals surface area contributed by atoms with Crippen molar-refractivity contribution in [1.82, 2.24) is 0 Å². The fraction of sp³-hybridized carbons (Fsp3) is 0.933. The lowest BCUT2D eigenvalue weighted by atomic mass is 10.1. The highest BCUT2D eigenvalue weighted by Crippen LogP contribution is 2.01. The van der Waals surface area contributed by atoms with Crippen molar-refractivity contribution in [3.05, 3.63) is 0 Å². The number of ketones is 1. The van der Waals surface area contributed by atoms with E-state index >= 15 is 0 Å². The van der Waals surface area contributed by atoms with Gasteiger partial charge in [0, 0.05) is 32.7 Å². The van der Waals surface area contributed by atoms with Gasteiger partial charge in [-0.15, -0.1) is 0 Å². The summed E-state index contributed by atoms with van der Waals surface area (Å²) >= 11 is 0. The van der Waals surface area contributed by atoms with Crippen LogP contribution in [-0.4, -0.2) is 32.2 Å². The zero-order chi connectivity index (χ0) is 13.8. The van der Waals surface area contributed by atoms with Crippen LogP contribution in [0.15, 0.2) is 0 Å². The molecule has 0 aliphatic heterocycles. The normalized spacial score (nSPS) is 11.4. The SMILES string of the molecule is CC(C)CCOCCCC(=O)CCOCC(C)C. The molecule has 0 saturated heterocycles. The lowest BCUT2D eigenvalue weighted by molar-refractivity contribution is -0.120. The summed E-state index contributed by atoms with van der Waals surface area (Å²) in [5, 5.41) is 0. The van der Waals surface area contributed by atoms with Gasteiger partial charge in [0.15, 0.2) is 0 Å². The monoisotopic (exact) mass is 258 g/mol. The molecule has 0 fully saturated rings. The van der Waals surface area contributed by atoms with E-state index in [4.69, 9.17) is 9.47 Å². The first-order chi connectivity index (χ1) is 8.52. The summed E-state index contributed by atoms with van der Waals surface area (Å²) < 4.78 is 10.9. The molecule has 3 nitrogen and oxygen atoms in total. The second-order valence-corrected chi connectivity index (χ2v) is 5.66. The number of hydrogen-bond acceptors (Lipinski definition) is 3. The maximum atomic E-state index is 11.5. The summed E-state index contributed by atoms with van der Waals surface area (Å²) in [6, 6.07) is 0. The van der Waals surface area contributed by atoms with Crippen LogP contribution in [-0.2, 0) is 14.3 Å². The van der Waals surface area contributed by atoms with Crippen molar-refractivity contribution in [2.24, 2.45) is 11.8 Å². The number of ether oxygens (including phenoxy) is 2. The predicted molar refractivity (Wildman–Crippen MR) is 74.8 cm³/mol. The average Bonchev–Trinajstić information content (AvgIpc) is 2.28. The topological polar surface area (TPSA) is 35.5 Å². The summed E-state index contributed by atoms with van der Waals surface area (Å²) in [4.78, 5) is 11.5. The van der Waals surface area contributed by atoms with Crippen molar-refractivity contribution in [3.8, 4) is 0 Å². The molecule has 0 rings (SSSR count). The van der Waals surface area contributed by atoms with Gasteiger partial charge >= 0.3 is 0 Å². The van der Waals surface area contributed by atoms with Gasteiger partial charge in [-0.3, -0.25) is 4.79 Å². The number of rotatable bonds is 12. The summed E-state index contributed by atoms with van der Waals surface area (Å²) in [5.74, 6) is 1.51. The van der Waals surface area contributed by atoms with Crippen LogP contribution in [0.25, 0.3) is 0 Å². The molecule has 0 atom stereocenters. The molecule has 108 valence electrons. The number of carbonyl (C=O) groups excluding carboxylic acids is 1. The van der Waals surface area contributed by atoms with E-state index in [1.165, 1.54) is 0 Å². The van der Waals surface area contributed by atoms with Gasteiger partial charge in [-0.25, -0.2) is 0 Å². The van der Waals surface area contributed by atoms with Crippen molar-refractivity contribution >= 4 is 5.78 Å². The smallest absolute Gasteiger partial charge is 0.135 e. The standard InChI is InChI=1S/C15H30O3/c1-13(2)7-10-17-9-5-6-15(16)8-11-18-12-14(3)4/h13-14H,5-12H2,1-4H3. The molecule has 0 amide bonds. The van der Waals surface area contributed by atoms with Gasteiger partial charge in [-0.05, 0) is 24.7 Å². The summed E-state index contributed by atoms with van der Waals surface area (Å²) in [7, 11) is 0. The van der Waals surface area contributed by atoms with Crippen molar-refractivity contribution in [3.63, 3.8) is 0 Å². The quantitative estimate of drug-likeness (QED) is 0.503. The summed E-state index contributed by atoms with van der Waals surface area (Å²) in [6.45, 7) is 11.4. The highest BCUT2D eigenvalue weighted by molar-refractivity contribution is 5.78. The third kappa shape index (κ3) is 13.7. The van der Waals surface area contributed by atoms with Gasteiger partial charge in [-0.2, -0.15) is 0 Å². The van der Waals surface area contributed by atoms with Crippen molar-refractivity contribution in [2.45, 2.75) is 53.4 Å². The Bertz CT molecular complexity index is 200. The maximum Gasteiger partial charge on any atom is 0.135 e. The van der Waals surface area contributed by atoms with E-state index in [0.29, 0.717) is 37.9 Å². The molecule has 0 aromatic heterocycles. The first-order valence-electron chi connectivity index (χ1n) is 7.19. The molecular weight excluding hydrogens is 228 g/mol. The van der Waals surface area contributed by atoms with Gasteiger partial charge in [0.05, 0.1) is 6.61 Å². The highest BCUT2D eigenvalue weighted by atomic mass is 16.5. The van der Waals surface area contributed by atoms with E-state index in [-0.39, 0.29) is 5.78 Å². The summed E-state index contributed by atoms with van der Waals surface area (Å²) in [5.41, 5.74) is 0. The van der Waals surface area contributed by atoms with Crippen LogP contribution >= 0.6 is 0 Å². The molecule has 0 N–H and O–H groups in total. The van der Waals surface area contributed by atoms with Crippen molar-refractivity contribution < 1.29 is 14.3 Å². The first kappa shape index (κ1) is 17.6. The average molecular weight is 258 g/mol. The van der Waals surface area contributed by atoms with Crippen LogP contribution in [0.2, 0.25) is 0 Å². The number of hydrogen-bond donors (Lipinski definition) is 0. The molecule has 0 bridgehead atoms. The first-order valence-corrected chi connectivity index (χ1v) is 7.19. The van der Waals surface area contributed by atoms with Gasteiger partial charge in [0.25, 0.3) is 0 Å². The molecule has 3 heteroatoms. The summed E-state index contributed by atoms with van der Waals surface area (Å²) in [6.07, 6.45) is 3.09. The maximum absolute atomic E-state index is 11.5. The molecule has 0 saturated carbocycles. The molecule has 0 aliphatic carbocycles. The molecular formula is C15H30O3. The predicted octanol–water partition coefficient (Wildman–Crippen LogP) is 3.46. The van der Waals surface area contributed by atoms with Crippen LogP contribution in [0.4, 0.5) is 0 Å². The van der Waals surface area contributed by atoms with E-state index in [1.807, 2.05) is 0 Å². The highest BCUT2D eigenvalue weighted by Gasteiger charge is 2.03. The Hall–Kier alpha value is -0.410.